The summed E-state index contributed by atoms with van der Waals surface area (Å²) < 4.78 is 0. The van der Waals surface area contributed by atoms with Gasteiger partial charge in [-0.3, -0.25) is 4.99 Å². The summed E-state index contributed by atoms with van der Waals surface area (Å²) in [7, 11) is 1.93. The van der Waals surface area contributed by atoms with E-state index in [1.54, 1.807) is 0 Å². The molecule has 6 unspecified atom stereocenters. The number of nitrogens with one attached hydrogen (secondary N) is 2. The van der Waals surface area contributed by atoms with Crippen LogP contribution in [0.3, 0.4) is 0 Å². The summed E-state index contributed by atoms with van der Waals surface area (Å²) in [6, 6.07) is 0. The van der Waals surface area contributed by atoms with Gasteiger partial charge in [-0.2, -0.15) is 0 Å². The number of fused-ring (bicyclic) bond motifs is 5. The Labute approximate surface area is 207 Å². The molecule has 33 heavy (non-hydrogen) atoms. The smallest absolute Gasteiger partial charge is 0.0513 e. The van der Waals surface area contributed by atoms with E-state index in [4.69, 9.17) is 4.99 Å². The van der Waals surface area contributed by atoms with Gasteiger partial charge in [-0.25, -0.2) is 0 Å². The highest BCUT2D eigenvalue weighted by Crippen LogP contribution is 2.66. The van der Waals surface area contributed by atoms with Gasteiger partial charge in [-0.1, -0.05) is 46.8 Å². The second kappa shape index (κ2) is 12.9. The van der Waals surface area contributed by atoms with Crippen LogP contribution in [0.4, 0.5) is 0 Å². The van der Waals surface area contributed by atoms with E-state index in [1.807, 2.05) is 12.6 Å². The number of rotatable bonds is 7. The van der Waals surface area contributed by atoms with Crippen molar-refractivity contribution in [3.63, 3.8) is 0 Å². The van der Waals surface area contributed by atoms with Crippen LogP contribution in [0.2, 0.25) is 0 Å². The van der Waals surface area contributed by atoms with E-state index in [-0.39, 0.29) is 7.43 Å². The molecule has 0 heterocycles. The van der Waals surface area contributed by atoms with Gasteiger partial charge < -0.3 is 10.6 Å². The fourth-order valence-corrected chi connectivity index (χ4v) is 8.16. The van der Waals surface area contributed by atoms with Crippen molar-refractivity contribution in [2.24, 2.45) is 39.5 Å². The van der Waals surface area contributed by atoms with Gasteiger partial charge in [0, 0.05) is 18.2 Å². The van der Waals surface area contributed by atoms with E-state index in [1.165, 1.54) is 69.9 Å². The van der Waals surface area contributed by atoms with Crippen LogP contribution < -0.4 is 10.6 Å². The van der Waals surface area contributed by atoms with Gasteiger partial charge in [0.2, 0.25) is 0 Å². The highest BCUT2D eigenvalue weighted by molar-refractivity contribution is 5.85. The van der Waals surface area contributed by atoms with Crippen molar-refractivity contribution < 1.29 is 0 Å². The van der Waals surface area contributed by atoms with E-state index in [0.717, 1.165) is 49.9 Å². The minimum Gasteiger partial charge on any atom is -0.320 e. The van der Waals surface area contributed by atoms with E-state index in [2.05, 4.69) is 51.3 Å². The van der Waals surface area contributed by atoms with Crippen LogP contribution in [0.5, 0.6) is 0 Å². The monoisotopic (exact) mass is 459 g/mol. The van der Waals surface area contributed by atoms with Crippen molar-refractivity contribution in [3.8, 4) is 0 Å². The average molecular weight is 460 g/mol. The normalized spacial score (nSPS) is 37.5. The molecule has 192 valence electrons. The molecule has 6 atom stereocenters. The molecular formula is C30H57N3. The lowest BCUT2D eigenvalue weighted by atomic mass is 9.47. The molecular weight excluding hydrogens is 402 g/mol. The molecule has 4 aliphatic rings. The van der Waals surface area contributed by atoms with Gasteiger partial charge in [0.1, 0.15) is 0 Å². The van der Waals surface area contributed by atoms with Crippen LogP contribution in [0.15, 0.2) is 16.6 Å². The zero-order valence-electron chi connectivity index (χ0n) is 22.2. The molecule has 0 spiro atoms. The van der Waals surface area contributed by atoms with Crippen LogP contribution >= 0.6 is 0 Å². The Bertz CT molecular complexity index is 651. The van der Waals surface area contributed by atoms with Gasteiger partial charge in [0.15, 0.2) is 0 Å². The van der Waals surface area contributed by atoms with Crippen LogP contribution in [-0.4, -0.2) is 38.9 Å². The Morgan fingerprint density at radius 2 is 1.82 bits per heavy atom. The SMILES string of the molecule is C.CCCNCCN=C(C)C1CCC2C3CCC4=CCCCC4(C)C3CCC12C.CCNC. The third kappa shape index (κ3) is 5.95. The molecule has 0 aliphatic heterocycles. The molecule has 0 radical (unpaired) electrons. The average Bonchev–Trinajstić information content (AvgIpc) is 3.16. The molecule has 3 heteroatoms. The summed E-state index contributed by atoms with van der Waals surface area (Å²) in [6.07, 6.45) is 16.7. The van der Waals surface area contributed by atoms with Crippen molar-refractivity contribution in [2.75, 3.05) is 33.2 Å². The molecule has 4 rings (SSSR count). The maximum atomic E-state index is 5.04. The first-order chi connectivity index (χ1) is 15.4. The van der Waals surface area contributed by atoms with Crippen molar-refractivity contribution >= 4 is 5.71 Å². The number of hydrogen-bond acceptors (Lipinski definition) is 3. The molecule has 0 amide bonds. The number of allylic oxidation sites excluding steroid dienone is 2. The predicted octanol–water partition coefficient (Wildman–Crippen LogP) is 7.28. The quantitative estimate of drug-likeness (QED) is 0.238. The van der Waals surface area contributed by atoms with Crippen molar-refractivity contribution in [3.05, 3.63) is 11.6 Å². The Hall–Kier alpha value is -0.670. The molecule has 4 aliphatic carbocycles. The highest BCUT2D eigenvalue weighted by Gasteiger charge is 2.58. The minimum atomic E-state index is 0. The van der Waals surface area contributed by atoms with Gasteiger partial charge in [-0.15, -0.1) is 0 Å². The molecule has 0 saturated heterocycles. The van der Waals surface area contributed by atoms with Gasteiger partial charge in [-0.05, 0) is 120 Å². The summed E-state index contributed by atoms with van der Waals surface area (Å²) in [5.74, 6) is 3.61. The first kappa shape index (κ1) is 28.6. The first-order valence-corrected chi connectivity index (χ1v) is 14.0. The topological polar surface area (TPSA) is 36.4 Å². The van der Waals surface area contributed by atoms with E-state index in [9.17, 15) is 0 Å². The fourth-order valence-electron chi connectivity index (χ4n) is 8.16. The summed E-state index contributed by atoms with van der Waals surface area (Å²) in [5.41, 5.74) is 4.35. The van der Waals surface area contributed by atoms with Crippen LogP contribution in [0.1, 0.15) is 106 Å². The van der Waals surface area contributed by atoms with Crippen molar-refractivity contribution in [2.45, 2.75) is 106 Å². The molecule has 0 aromatic rings. The van der Waals surface area contributed by atoms with Crippen molar-refractivity contribution in [1.29, 1.82) is 0 Å². The van der Waals surface area contributed by atoms with E-state index in [0.29, 0.717) is 10.8 Å². The molecule has 3 nitrogen and oxygen atoms in total. The second-order valence-corrected chi connectivity index (χ2v) is 11.6. The second-order valence-electron chi connectivity index (χ2n) is 11.6. The first-order valence-electron chi connectivity index (χ1n) is 14.0. The molecule has 0 aromatic heterocycles. The number of aliphatic imine (C=N–C) groups is 1. The Morgan fingerprint density at radius 1 is 1.06 bits per heavy atom. The summed E-state index contributed by atoms with van der Waals surface area (Å²) >= 11 is 0. The maximum absolute atomic E-state index is 5.04. The molecule has 3 saturated carbocycles. The highest BCUT2D eigenvalue weighted by atomic mass is 14.9. The van der Waals surface area contributed by atoms with E-state index < -0.39 is 0 Å². The standard InChI is InChI=1S/C26H44N2.C3H9N.CH4/c1-5-16-27-17-18-28-19(2)22-11-12-23-21-10-9-20-8-6-7-14-25(20,3)24(21)13-15-26(22,23)4;1-3-4-2;/h8,21-24,27H,5-7,9-18H2,1-4H3;4H,3H2,1-2H3;1H4. The molecule has 2 N–H and O–H groups in total. The molecule has 0 bridgehead atoms. The Balaban J connectivity index is 0.000000714. The van der Waals surface area contributed by atoms with Crippen LogP contribution in [-0.2, 0) is 0 Å². The third-order valence-electron chi connectivity index (χ3n) is 9.96. The van der Waals surface area contributed by atoms with E-state index >= 15 is 0 Å². The van der Waals surface area contributed by atoms with Gasteiger partial charge in [0.25, 0.3) is 0 Å². The lowest BCUT2D eigenvalue weighted by Gasteiger charge is -2.58. The van der Waals surface area contributed by atoms with Crippen molar-refractivity contribution in [1.82, 2.24) is 10.6 Å². The zero-order chi connectivity index (χ0) is 23.2. The predicted molar refractivity (Wildman–Crippen MR) is 147 cm³/mol. The fraction of sp³-hybridized carbons (Fsp3) is 0.900. The lowest BCUT2D eigenvalue weighted by Crippen LogP contribution is -2.50. The molecule has 3 fully saturated rings. The zero-order valence-corrected chi connectivity index (χ0v) is 22.2. The number of hydrogen-bond donors (Lipinski definition) is 2. The maximum Gasteiger partial charge on any atom is 0.0513 e. The Kier molecular flexibility index (Phi) is 11.1. The largest absolute Gasteiger partial charge is 0.320 e. The summed E-state index contributed by atoms with van der Waals surface area (Å²) in [4.78, 5) is 5.04. The number of nitrogens with zero attached hydrogens (tertiary/aromatic N) is 1. The summed E-state index contributed by atoms with van der Waals surface area (Å²) in [5, 5.41) is 6.43. The third-order valence-corrected chi connectivity index (χ3v) is 9.96. The Morgan fingerprint density at radius 3 is 2.52 bits per heavy atom. The minimum absolute atomic E-state index is 0. The van der Waals surface area contributed by atoms with Crippen LogP contribution in [0.25, 0.3) is 0 Å². The van der Waals surface area contributed by atoms with Gasteiger partial charge >= 0.3 is 0 Å². The van der Waals surface area contributed by atoms with Crippen LogP contribution in [0, 0.1) is 34.5 Å². The molecule has 0 aromatic carbocycles. The van der Waals surface area contributed by atoms with Gasteiger partial charge in [0.05, 0.1) is 6.54 Å². The summed E-state index contributed by atoms with van der Waals surface area (Å²) in [6.45, 7) is 16.1. The lowest BCUT2D eigenvalue weighted by molar-refractivity contribution is -0.0431.